The minimum absolute atomic E-state index is 0.106. The van der Waals surface area contributed by atoms with Crippen LogP contribution < -0.4 is 10.6 Å². The highest BCUT2D eigenvalue weighted by molar-refractivity contribution is 5.93. The number of benzene rings is 1. The summed E-state index contributed by atoms with van der Waals surface area (Å²) >= 11 is 0. The minimum Gasteiger partial charge on any atom is -0.398 e. The molecule has 108 valence electrons. The largest absolute Gasteiger partial charge is 0.398 e. The van der Waals surface area contributed by atoms with Crippen molar-refractivity contribution in [3.63, 3.8) is 0 Å². The van der Waals surface area contributed by atoms with Crippen LogP contribution in [0, 0.1) is 5.41 Å². The third-order valence-electron chi connectivity index (χ3n) is 3.88. The molecule has 1 fully saturated rings. The van der Waals surface area contributed by atoms with Crippen molar-refractivity contribution >= 4 is 23.5 Å². The molecule has 0 unspecified atom stereocenters. The molecule has 1 aliphatic rings. The molecular formula is C15H22N4O. The van der Waals surface area contributed by atoms with Gasteiger partial charge in [-0.05, 0) is 26.0 Å². The molecule has 1 saturated heterocycles. The molecule has 1 aromatic rings. The highest BCUT2D eigenvalue weighted by atomic mass is 16.2. The smallest absolute Gasteiger partial charge is 0.220 e. The number of rotatable bonds is 2. The van der Waals surface area contributed by atoms with Gasteiger partial charge in [0.1, 0.15) is 0 Å². The molecule has 0 aromatic heterocycles. The second-order valence-electron chi connectivity index (χ2n) is 5.83. The van der Waals surface area contributed by atoms with Gasteiger partial charge in [0.15, 0.2) is 0 Å². The number of nitrogen functional groups attached to an aromatic ring is 1. The van der Waals surface area contributed by atoms with E-state index in [0.29, 0.717) is 12.2 Å². The van der Waals surface area contributed by atoms with Crippen molar-refractivity contribution < 1.29 is 4.79 Å². The first-order valence-corrected chi connectivity index (χ1v) is 6.79. The van der Waals surface area contributed by atoms with Gasteiger partial charge >= 0.3 is 0 Å². The second kappa shape index (κ2) is 5.15. The summed E-state index contributed by atoms with van der Waals surface area (Å²) in [7, 11) is 0. The lowest BCUT2D eigenvalue weighted by Gasteiger charge is -2.48. The molecule has 1 aromatic carbocycles. The average molecular weight is 274 g/mol. The van der Waals surface area contributed by atoms with Gasteiger partial charge in [-0.2, -0.15) is 0 Å². The molecule has 1 amide bonds. The fourth-order valence-electron chi connectivity index (χ4n) is 2.95. The van der Waals surface area contributed by atoms with E-state index < -0.39 is 0 Å². The summed E-state index contributed by atoms with van der Waals surface area (Å²) in [6.45, 7) is 7.92. The van der Waals surface area contributed by atoms with E-state index >= 15 is 0 Å². The number of hydrogen-bond donors (Lipinski definition) is 2. The van der Waals surface area contributed by atoms with Crippen molar-refractivity contribution in [3.8, 4) is 0 Å². The summed E-state index contributed by atoms with van der Waals surface area (Å²) in [6.07, 6.45) is 1.30. The van der Waals surface area contributed by atoms with E-state index in [1.807, 2.05) is 17.0 Å². The Kier molecular flexibility index (Phi) is 3.70. The molecule has 2 rings (SSSR count). The first-order valence-electron chi connectivity index (χ1n) is 6.79. The van der Waals surface area contributed by atoms with Crippen LogP contribution in [0.5, 0.6) is 0 Å². The average Bonchev–Trinajstić information content (AvgIpc) is 2.36. The molecule has 0 aliphatic carbocycles. The first-order chi connectivity index (χ1) is 9.36. The Morgan fingerprint density at radius 2 is 2.10 bits per heavy atom. The lowest BCUT2D eigenvalue weighted by atomic mass is 9.97. The Bertz CT molecular complexity index is 539. The lowest BCUT2D eigenvalue weighted by molar-refractivity contribution is -0.134. The van der Waals surface area contributed by atoms with Gasteiger partial charge in [0.05, 0.1) is 5.54 Å². The maximum absolute atomic E-state index is 11.7. The van der Waals surface area contributed by atoms with E-state index in [1.54, 1.807) is 13.0 Å². The molecule has 0 radical (unpaired) electrons. The van der Waals surface area contributed by atoms with E-state index in [9.17, 15) is 4.79 Å². The molecule has 3 N–H and O–H groups in total. The molecule has 0 spiro atoms. The predicted molar refractivity (Wildman–Crippen MR) is 82.4 cm³/mol. The molecular weight excluding hydrogens is 252 g/mol. The normalized spacial score (nSPS) is 17.9. The first kappa shape index (κ1) is 14.4. The van der Waals surface area contributed by atoms with Crippen molar-refractivity contribution in [1.82, 2.24) is 4.90 Å². The Hall–Kier alpha value is -2.04. The van der Waals surface area contributed by atoms with Crippen molar-refractivity contribution in [2.24, 2.45) is 0 Å². The monoisotopic (exact) mass is 274 g/mol. The second-order valence-corrected chi connectivity index (χ2v) is 5.83. The number of carbonyl (C=O) groups excluding carboxylic acids is 1. The Balaban J connectivity index is 2.31. The van der Waals surface area contributed by atoms with E-state index in [2.05, 4.69) is 18.7 Å². The fourth-order valence-corrected chi connectivity index (χ4v) is 2.95. The Labute approximate surface area is 119 Å². The van der Waals surface area contributed by atoms with E-state index in [4.69, 9.17) is 11.1 Å². The van der Waals surface area contributed by atoms with Gasteiger partial charge in [0.25, 0.3) is 0 Å². The topological polar surface area (TPSA) is 73.4 Å². The summed E-state index contributed by atoms with van der Waals surface area (Å²) in [6, 6.07) is 5.69. The van der Waals surface area contributed by atoms with Gasteiger partial charge in [-0.25, -0.2) is 0 Å². The van der Waals surface area contributed by atoms with Crippen molar-refractivity contribution in [3.05, 3.63) is 23.8 Å². The molecule has 5 heteroatoms. The highest BCUT2D eigenvalue weighted by Gasteiger charge is 2.35. The van der Waals surface area contributed by atoms with Crippen LogP contribution in [0.4, 0.5) is 11.4 Å². The number of nitrogens with one attached hydrogen (secondary N) is 1. The molecule has 0 bridgehead atoms. The number of nitrogens with zero attached hydrogens (tertiary/aromatic N) is 2. The summed E-state index contributed by atoms with van der Waals surface area (Å²) < 4.78 is 0. The maximum Gasteiger partial charge on any atom is 0.220 e. The lowest BCUT2D eigenvalue weighted by Crippen LogP contribution is -2.60. The zero-order valence-electron chi connectivity index (χ0n) is 12.3. The van der Waals surface area contributed by atoms with Crippen LogP contribution in [0.15, 0.2) is 18.2 Å². The van der Waals surface area contributed by atoms with Crippen LogP contribution in [0.1, 0.15) is 26.3 Å². The third kappa shape index (κ3) is 2.48. The number of amides is 1. The zero-order valence-corrected chi connectivity index (χ0v) is 12.3. The molecule has 0 atom stereocenters. The minimum atomic E-state index is -0.228. The van der Waals surface area contributed by atoms with Gasteiger partial charge < -0.3 is 20.9 Å². The van der Waals surface area contributed by atoms with Crippen LogP contribution in [-0.4, -0.2) is 42.2 Å². The van der Waals surface area contributed by atoms with Crippen LogP contribution in [-0.2, 0) is 4.79 Å². The number of nitrogens with two attached hydrogens (primary N) is 1. The van der Waals surface area contributed by atoms with E-state index in [1.165, 1.54) is 6.21 Å². The summed E-state index contributed by atoms with van der Waals surface area (Å²) in [5.41, 5.74) is 8.04. The molecule has 5 nitrogen and oxygen atoms in total. The highest BCUT2D eigenvalue weighted by Crippen LogP contribution is 2.29. The molecule has 1 aliphatic heterocycles. The van der Waals surface area contributed by atoms with Gasteiger partial charge in [0, 0.05) is 49.7 Å². The third-order valence-corrected chi connectivity index (χ3v) is 3.88. The molecule has 0 saturated carbocycles. The van der Waals surface area contributed by atoms with E-state index in [0.717, 1.165) is 24.3 Å². The van der Waals surface area contributed by atoms with Gasteiger partial charge in [-0.1, -0.05) is 6.07 Å². The van der Waals surface area contributed by atoms with E-state index in [-0.39, 0.29) is 11.4 Å². The number of piperazine rings is 1. The maximum atomic E-state index is 11.7. The summed E-state index contributed by atoms with van der Waals surface area (Å²) in [5, 5.41) is 7.55. The quantitative estimate of drug-likeness (QED) is 0.637. The van der Waals surface area contributed by atoms with Crippen molar-refractivity contribution in [2.45, 2.75) is 26.3 Å². The number of anilines is 2. The van der Waals surface area contributed by atoms with Crippen molar-refractivity contribution in [1.29, 1.82) is 5.41 Å². The number of hydrogen-bond acceptors (Lipinski definition) is 4. The van der Waals surface area contributed by atoms with Gasteiger partial charge in [-0.3, -0.25) is 4.79 Å². The van der Waals surface area contributed by atoms with Crippen LogP contribution in [0.25, 0.3) is 0 Å². The van der Waals surface area contributed by atoms with Gasteiger partial charge in [0.2, 0.25) is 5.91 Å². The Morgan fingerprint density at radius 3 is 2.65 bits per heavy atom. The van der Waals surface area contributed by atoms with Crippen LogP contribution >= 0.6 is 0 Å². The zero-order chi connectivity index (χ0) is 14.9. The molecule has 20 heavy (non-hydrogen) atoms. The summed E-state index contributed by atoms with van der Waals surface area (Å²) in [5.74, 6) is 0.106. The SMILES string of the molecule is CC(=O)N1CCN(c2cccc(N)c2C=N)CC1(C)C. The fraction of sp³-hybridized carbons (Fsp3) is 0.467. The van der Waals surface area contributed by atoms with Crippen LogP contribution in [0.2, 0.25) is 0 Å². The number of carbonyl (C=O) groups is 1. The predicted octanol–water partition coefficient (Wildman–Crippen LogP) is 1.71. The molecule has 1 heterocycles. The standard InChI is InChI=1S/C15H22N4O/c1-11(20)19-8-7-18(10-15(19,2)3)14-6-4-5-13(17)12(14)9-16/h4-6,9,16H,7-8,10,17H2,1-3H3. The van der Waals surface area contributed by atoms with Crippen molar-refractivity contribution in [2.75, 3.05) is 30.3 Å². The van der Waals surface area contributed by atoms with Gasteiger partial charge in [-0.15, -0.1) is 0 Å². The van der Waals surface area contributed by atoms with Crippen LogP contribution in [0.3, 0.4) is 0 Å². The summed E-state index contributed by atoms with van der Waals surface area (Å²) in [4.78, 5) is 15.8. The Morgan fingerprint density at radius 1 is 1.40 bits per heavy atom.